The third-order valence-electron chi connectivity index (χ3n) is 3.70. The Labute approximate surface area is 113 Å². The maximum absolute atomic E-state index is 5.90. The van der Waals surface area contributed by atoms with Gasteiger partial charge in [0.1, 0.15) is 0 Å². The van der Waals surface area contributed by atoms with Gasteiger partial charge in [-0.1, -0.05) is 20.3 Å². The molecule has 2 N–H and O–H groups in total. The summed E-state index contributed by atoms with van der Waals surface area (Å²) in [7, 11) is 0. The maximum atomic E-state index is 5.90. The van der Waals surface area contributed by atoms with Crippen molar-refractivity contribution in [3.8, 4) is 11.4 Å². The van der Waals surface area contributed by atoms with E-state index in [2.05, 4.69) is 42.4 Å². The zero-order chi connectivity index (χ0) is 14.0. The van der Waals surface area contributed by atoms with E-state index in [0.717, 1.165) is 29.1 Å². The highest BCUT2D eigenvalue weighted by Gasteiger charge is 2.19. The summed E-state index contributed by atoms with van der Waals surface area (Å²) in [5, 5.41) is 12.1. The van der Waals surface area contributed by atoms with Crippen LogP contribution in [0.4, 0.5) is 5.69 Å². The normalized spacial score (nSPS) is 14.3. The van der Waals surface area contributed by atoms with Gasteiger partial charge in [0.25, 0.3) is 0 Å². The Morgan fingerprint density at radius 3 is 2.63 bits per heavy atom. The standard InChI is InChI=1S/C14H21N5/c1-5-10(3)11(4)19-14(16-17-18-19)12-6-9(2)7-13(15)8-12/h6-8,10-11H,5,15H2,1-4H3. The molecule has 5 heteroatoms. The SMILES string of the molecule is CCC(C)C(C)n1nnnc1-c1cc(C)cc(N)c1. The highest BCUT2D eigenvalue weighted by atomic mass is 15.5. The molecule has 0 saturated carbocycles. The lowest BCUT2D eigenvalue weighted by Gasteiger charge is -2.19. The van der Waals surface area contributed by atoms with Gasteiger partial charge in [-0.3, -0.25) is 0 Å². The Hall–Kier alpha value is -1.91. The molecule has 0 bridgehead atoms. The van der Waals surface area contributed by atoms with Crippen LogP contribution in [0.25, 0.3) is 11.4 Å². The summed E-state index contributed by atoms with van der Waals surface area (Å²) in [6.45, 7) is 8.55. The quantitative estimate of drug-likeness (QED) is 0.857. The first-order valence-corrected chi connectivity index (χ1v) is 6.68. The Kier molecular flexibility index (Phi) is 3.83. The smallest absolute Gasteiger partial charge is 0.182 e. The highest BCUT2D eigenvalue weighted by molar-refractivity contribution is 5.62. The molecular formula is C14H21N5. The number of tetrazole rings is 1. The number of anilines is 1. The number of nitrogens with zero attached hydrogens (tertiary/aromatic N) is 4. The monoisotopic (exact) mass is 259 g/mol. The van der Waals surface area contributed by atoms with Gasteiger partial charge in [-0.2, -0.15) is 0 Å². The molecule has 0 amide bonds. The lowest BCUT2D eigenvalue weighted by Crippen LogP contribution is -2.16. The van der Waals surface area contributed by atoms with Crippen LogP contribution < -0.4 is 5.73 Å². The van der Waals surface area contributed by atoms with E-state index in [1.165, 1.54) is 0 Å². The first-order valence-electron chi connectivity index (χ1n) is 6.68. The summed E-state index contributed by atoms with van der Waals surface area (Å²) in [5.41, 5.74) is 8.72. The van der Waals surface area contributed by atoms with Crippen LogP contribution in [0, 0.1) is 12.8 Å². The molecule has 0 aliphatic rings. The minimum atomic E-state index is 0.261. The highest BCUT2D eigenvalue weighted by Crippen LogP contribution is 2.26. The lowest BCUT2D eigenvalue weighted by molar-refractivity contribution is 0.340. The molecule has 0 aliphatic heterocycles. The van der Waals surface area contributed by atoms with Crippen molar-refractivity contribution in [1.82, 2.24) is 20.2 Å². The minimum Gasteiger partial charge on any atom is -0.399 e. The molecule has 2 rings (SSSR count). The molecule has 2 unspecified atom stereocenters. The van der Waals surface area contributed by atoms with E-state index in [-0.39, 0.29) is 6.04 Å². The molecule has 0 spiro atoms. The second kappa shape index (κ2) is 5.38. The van der Waals surface area contributed by atoms with Crippen LogP contribution in [0.3, 0.4) is 0 Å². The van der Waals surface area contributed by atoms with E-state index in [0.29, 0.717) is 5.92 Å². The number of nitrogen functional groups attached to an aromatic ring is 1. The van der Waals surface area contributed by atoms with Gasteiger partial charge in [-0.25, -0.2) is 4.68 Å². The molecule has 1 aromatic carbocycles. The predicted molar refractivity (Wildman–Crippen MR) is 76.6 cm³/mol. The van der Waals surface area contributed by atoms with Crippen molar-refractivity contribution < 1.29 is 0 Å². The number of hydrogen-bond donors (Lipinski definition) is 1. The van der Waals surface area contributed by atoms with Crippen molar-refractivity contribution in [2.75, 3.05) is 5.73 Å². The molecule has 1 heterocycles. The molecule has 19 heavy (non-hydrogen) atoms. The van der Waals surface area contributed by atoms with E-state index in [1.807, 2.05) is 23.7 Å². The minimum absolute atomic E-state index is 0.261. The summed E-state index contributed by atoms with van der Waals surface area (Å²) >= 11 is 0. The van der Waals surface area contributed by atoms with Gasteiger partial charge < -0.3 is 5.73 Å². The van der Waals surface area contributed by atoms with Crippen molar-refractivity contribution in [1.29, 1.82) is 0 Å². The topological polar surface area (TPSA) is 69.6 Å². The molecule has 0 aliphatic carbocycles. The molecule has 5 nitrogen and oxygen atoms in total. The molecule has 0 radical (unpaired) electrons. The van der Waals surface area contributed by atoms with E-state index < -0.39 is 0 Å². The van der Waals surface area contributed by atoms with E-state index in [4.69, 9.17) is 5.73 Å². The fraction of sp³-hybridized carbons (Fsp3) is 0.500. The van der Waals surface area contributed by atoms with E-state index in [9.17, 15) is 0 Å². The van der Waals surface area contributed by atoms with Crippen LogP contribution in [0.15, 0.2) is 18.2 Å². The van der Waals surface area contributed by atoms with Crippen molar-refractivity contribution in [2.45, 2.75) is 40.2 Å². The Bertz CT molecular complexity index is 540. The van der Waals surface area contributed by atoms with Crippen molar-refractivity contribution in [2.24, 2.45) is 5.92 Å². The summed E-state index contributed by atoms with van der Waals surface area (Å²) in [6.07, 6.45) is 1.09. The Balaban J connectivity index is 2.44. The fourth-order valence-electron chi connectivity index (χ4n) is 2.18. The first kappa shape index (κ1) is 13.5. The molecule has 2 atom stereocenters. The van der Waals surface area contributed by atoms with Crippen LogP contribution in [-0.4, -0.2) is 20.2 Å². The van der Waals surface area contributed by atoms with Gasteiger partial charge in [0, 0.05) is 11.3 Å². The Morgan fingerprint density at radius 1 is 1.26 bits per heavy atom. The van der Waals surface area contributed by atoms with Crippen molar-refractivity contribution >= 4 is 5.69 Å². The summed E-state index contributed by atoms with van der Waals surface area (Å²) < 4.78 is 1.89. The number of hydrogen-bond acceptors (Lipinski definition) is 4. The van der Waals surface area contributed by atoms with E-state index in [1.54, 1.807) is 0 Å². The second-order valence-corrected chi connectivity index (χ2v) is 5.21. The van der Waals surface area contributed by atoms with Crippen LogP contribution in [0.5, 0.6) is 0 Å². The zero-order valence-corrected chi connectivity index (χ0v) is 12.0. The molecular weight excluding hydrogens is 238 g/mol. The average molecular weight is 259 g/mol. The third kappa shape index (κ3) is 2.75. The molecule has 1 aromatic heterocycles. The molecule has 2 aromatic rings. The first-order chi connectivity index (χ1) is 9.02. The van der Waals surface area contributed by atoms with Crippen LogP contribution >= 0.6 is 0 Å². The van der Waals surface area contributed by atoms with E-state index >= 15 is 0 Å². The van der Waals surface area contributed by atoms with Gasteiger partial charge in [0.05, 0.1) is 6.04 Å². The number of benzene rings is 1. The lowest BCUT2D eigenvalue weighted by atomic mass is 10.0. The van der Waals surface area contributed by atoms with Crippen LogP contribution in [0.1, 0.15) is 38.8 Å². The van der Waals surface area contributed by atoms with Crippen LogP contribution in [-0.2, 0) is 0 Å². The average Bonchev–Trinajstić information content (AvgIpc) is 2.84. The number of nitrogens with two attached hydrogens (primary N) is 1. The van der Waals surface area contributed by atoms with Gasteiger partial charge >= 0.3 is 0 Å². The molecule has 102 valence electrons. The van der Waals surface area contributed by atoms with Gasteiger partial charge in [0.2, 0.25) is 0 Å². The van der Waals surface area contributed by atoms with Gasteiger partial charge in [0.15, 0.2) is 5.82 Å². The Morgan fingerprint density at radius 2 is 2.00 bits per heavy atom. The summed E-state index contributed by atoms with van der Waals surface area (Å²) in [4.78, 5) is 0. The predicted octanol–water partition coefficient (Wildman–Crippen LogP) is 2.84. The van der Waals surface area contributed by atoms with Crippen molar-refractivity contribution in [3.63, 3.8) is 0 Å². The summed E-state index contributed by atoms with van der Waals surface area (Å²) in [6, 6.07) is 6.17. The fourth-order valence-corrected chi connectivity index (χ4v) is 2.18. The third-order valence-corrected chi connectivity index (χ3v) is 3.70. The number of aryl methyl sites for hydroxylation is 1. The zero-order valence-electron chi connectivity index (χ0n) is 12.0. The van der Waals surface area contributed by atoms with Gasteiger partial charge in [-0.05, 0) is 54.0 Å². The second-order valence-electron chi connectivity index (χ2n) is 5.21. The number of rotatable bonds is 4. The molecule has 0 fully saturated rings. The number of aromatic nitrogens is 4. The maximum Gasteiger partial charge on any atom is 0.182 e. The van der Waals surface area contributed by atoms with Crippen LogP contribution in [0.2, 0.25) is 0 Å². The van der Waals surface area contributed by atoms with Crippen molar-refractivity contribution in [3.05, 3.63) is 23.8 Å². The summed E-state index contributed by atoms with van der Waals surface area (Å²) in [5.74, 6) is 1.30. The molecule has 0 saturated heterocycles. The largest absolute Gasteiger partial charge is 0.399 e. The van der Waals surface area contributed by atoms with Gasteiger partial charge in [-0.15, -0.1) is 5.10 Å².